The molecule has 1 aliphatic rings. The zero-order valence-electron chi connectivity index (χ0n) is 17.9. The van der Waals surface area contributed by atoms with Gasteiger partial charge in [-0.3, -0.25) is 9.59 Å². The fraction of sp³-hybridized carbons (Fsp3) is 0.478. The molecule has 1 aliphatic heterocycles. The summed E-state index contributed by atoms with van der Waals surface area (Å²) in [6.07, 6.45) is 4.18. The van der Waals surface area contributed by atoms with Crippen LogP contribution in [0, 0.1) is 0 Å². The van der Waals surface area contributed by atoms with Crippen molar-refractivity contribution < 1.29 is 19.4 Å². The van der Waals surface area contributed by atoms with Gasteiger partial charge in [-0.05, 0) is 75.2 Å². The molecule has 170 valence electrons. The van der Waals surface area contributed by atoms with Gasteiger partial charge in [-0.15, -0.1) is 11.3 Å². The van der Waals surface area contributed by atoms with Crippen LogP contribution < -0.4 is 10.5 Å². The highest BCUT2D eigenvalue weighted by Crippen LogP contribution is 2.28. The minimum Gasteiger partial charge on any atom is -0.497 e. The average Bonchev–Trinajstić information content (AvgIpc) is 3.44. The number of aliphatic hydroxyl groups is 1. The second-order valence-electron chi connectivity index (χ2n) is 7.47. The zero-order valence-corrected chi connectivity index (χ0v) is 19.5. The molecule has 8 heteroatoms. The van der Waals surface area contributed by atoms with Gasteiger partial charge in [-0.25, -0.2) is 0 Å². The molecular formula is C23H31ClN2O4S. The third-order valence-electron chi connectivity index (χ3n) is 5.08. The van der Waals surface area contributed by atoms with Gasteiger partial charge in [0.2, 0.25) is 5.91 Å². The number of halogens is 1. The standard InChI is InChI=1S/C12H15NO3.C11H16ClNOS/c1-16-10-7-5-9(6-8-10)11(14)3-2-4-12(13)15;12-11-4-3-10(15-11)9(14)5-8-13-6-1-2-7-13/h5-8H,2-4H2,1H3,(H2,13,15);3-4,9,14H,1-2,5-8H2. The van der Waals surface area contributed by atoms with E-state index < -0.39 is 0 Å². The summed E-state index contributed by atoms with van der Waals surface area (Å²) in [5.74, 6) is 0.361. The molecule has 1 aromatic carbocycles. The number of Topliss-reactive ketones (excluding diaryl/α,β-unsaturated/α-hetero) is 1. The number of hydrogen-bond acceptors (Lipinski definition) is 6. The molecule has 31 heavy (non-hydrogen) atoms. The van der Waals surface area contributed by atoms with Crippen molar-refractivity contribution in [1.82, 2.24) is 4.90 Å². The number of nitrogens with two attached hydrogens (primary N) is 1. The molecule has 1 amide bonds. The number of primary amides is 1. The molecule has 0 bridgehead atoms. The molecule has 3 N–H and O–H groups in total. The lowest BCUT2D eigenvalue weighted by Gasteiger charge is -2.16. The molecule has 0 radical (unpaired) electrons. The van der Waals surface area contributed by atoms with Crippen LogP contribution >= 0.6 is 22.9 Å². The van der Waals surface area contributed by atoms with E-state index in [0.717, 1.165) is 22.2 Å². The van der Waals surface area contributed by atoms with Crippen LogP contribution in [0.1, 0.15) is 59.9 Å². The monoisotopic (exact) mass is 466 g/mol. The summed E-state index contributed by atoms with van der Waals surface area (Å²) in [5.41, 5.74) is 5.62. The molecule has 3 rings (SSSR count). The van der Waals surface area contributed by atoms with E-state index in [9.17, 15) is 14.7 Å². The molecule has 0 spiro atoms. The normalized spacial score (nSPS) is 14.5. The maximum Gasteiger partial charge on any atom is 0.217 e. The smallest absolute Gasteiger partial charge is 0.217 e. The first kappa shape index (κ1) is 25.3. The number of methoxy groups -OCH3 is 1. The van der Waals surface area contributed by atoms with Crippen LogP contribution in [0.5, 0.6) is 5.75 Å². The first-order chi connectivity index (χ1) is 14.9. The Kier molecular flexibility index (Phi) is 11.0. The van der Waals surface area contributed by atoms with Crippen LogP contribution in [0.15, 0.2) is 36.4 Å². The second kappa shape index (κ2) is 13.5. The van der Waals surface area contributed by atoms with Crippen LogP contribution in [0.3, 0.4) is 0 Å². The number of ether oxygens (including phenoxy) is 1. The van der Waals surface area contributed by atoms with E-state index in [1.54, 1.807) is 31.4 Å². The number of amides is 1. The lowest BCUT2D eigenvalue weighted by molar-refractivity contribution is -0.118. The van der Waals surface area contributed by atoms with Gasteiger partial charge >= 0.3 is 0 Å². The Bertz CT molecular complexity index is 819. The number of benzene rings is 1. The Hall–Kier alpha value is -1.93. The molecule has 0 saturated carbocycles. The molecule has 2 aromatic rings. The summed E-state index contributed by atoms with van der Waals surface area (Å²) in [5, 5.41) is 9.92. The lowest BCUT2D eigenvalue weighted by Crippen LogP contribution is -2.21. The van der Waals surface area contributed by atoms with Crippen molar-refractivity contribution in [3.8, 4) is 5.75 Å². The van der Waals surface area contributed by atoms with Crippen LogP contribution in [0.2, 0.25) is 4.34 Å². The summed E-state index contributed by atoms with van der Waals surface area (Å²) in [4.78, 5) is 25.5. The van der Waals surface area contributed by atoms with Crippen molar-refractivity contribution in [2.45, 2.75) is 44.6 Å². The van der Waals surface area contributed by atoms with Crippen LogP contribution in [-0.4, -0.2) is 48.4 Å². The van der Waals surface area contributed by atoms with E-state index >= 15 is 0 Å². The molecule has 1 saturated heterocycles. The van der Waals surface area contributed by atoms with Crippen molar-refractivity contribution in [1.29, 1.82) is 0 Å². The molecule has 1 fully saturated rings. The Morgan fingerprint density at radius 3 is 2.39 bits per heavy atom. The summed E-state index contributed by atoms with van der Waals surface area (Å²) < 4.78 is 5.74. The molecule has 0 aliphatic carbocycles. The maximum absolute atomic E-state index is 11.6. The van der Waals surface area contributed by atoms with E-state index in [4.69, 9.17) is 22.1 Å². The fourth-order valence-corrected chi connectivity index (χ4v) is 4.39. The predicted octanol–water partition coefficient (Wildman–Crippen LogP) is 4.45. The van der Waals surface area contributed by atoms with E-state index in [2.05, 4.69) is 4.90 Å². The van der Waals surface area contributed by atoms with Crippen LogP contribution in [0.4, 0.5) is 0 Å². The summed E-state index contributed by atoms with van der Waals surface area (Å²) in [7, 11) is 1.57. The molecule has 1 aromatic heterocycles. The highest BCUT2D eigenvalue weighted by Gasteiger charge is 2.15. The minimum atomic E-state index is -0.373. The zero-order chi connectivity index (χ0) is 22.6. The number of aliphatic hydroxyl groups excluding tert-OH is 1. The quantitative estimate of drug-likeness (QED) is 0.504. The van der Waals surface area contributed by atoms with E-state index in [0.29, 0.717) is 24.2 Å². The minimum absolute atomic E-state index is 0.0175. The molecular weight excluding hydrogens is 436 g/mol. The van der Waals surface area contributed by atoms with Crippen LogP contribution in [-0.2, 0) is 4.79 Å². The summed E-state index contributed by atoms with van der Waals surface area (Å²) >= 11 is 7.30. The van der Waals surface area contributed by atoms with Crippen molar-refractivity contribution >= 4 is 34.6 Å². The fourth-order valence-electron chi connectivity index (χ4n) is 3.31. The van der Waals surface area contributed by atoms with Gasteiger partial charge < -0.3 is 20.5 Å². The number of hydrogen-bond donors (Lipinski definition) is 2. The molecule has 2 heterocycles. The number of ketones is 1. The number of thiophene rings is 1. The van der Waals surface area contributed by atoms with Crippen molar-refractivity contribution in [2.24, 2.45) is 5.73 Å². The molecule has 1 atom stereocenters. The van der Waals surface area contributed by atoms with Crippen molar-refractivity contribution in [2.75, 3.05) is 26.7 Å². The van der Waals surface area contributed by atoms with Crippen LogP contribution in [0.25, 0.3) is 0 Å². The Labute approximate surface area is 193 Å². The van der Waals surface area contributed by atoms with Gasteiger partial charge in [0.25, 0.3) is 0 Å². The number of carbonyl (C=O) groups is 2. The number of nitrogens with zero attached hydrogens (tertiary/aromatic N) is 1. The van der Waals surface area contributed by atoms with Crippen molar-refractivity contribution in [3.63, 3.8) is 0 Å². The number of carbonyl (C=O) groups excluding carboxylic acids is 2. The van der Waals surface area contributed by atoms with Gasteiger partial charge in [0.05, 0.1) is 17.6 Å². The van der Waals surface area contributed by atoms with Gasteiger partial charge in [0.15, 0.2) is 5.78 Å². The summed E-state index contributed by atoms with van der Waals surface area (Å²) in [6.45, 7) is 3.38. The first-order valence-corrected chi connectivity index (χ1v) is 11.7. The third kappa shape index (κ3) is 9.39. The Balaban J connectivity index is 0.000000220. The topological polar surface area (TPSA) is 92.9 Å². The van der Waals surface area contributed by atoms with E-state index in [-0.39, 0.29) is 24.2 Å². The number of rotatable bonds is 10. The summed E-state index contributed by atoms with van der Waals surface area (Å²) in [6, 6.07) is 10.7. The molecule has 6 nitrogen and oxygen atoms in total. The highest BCUT2D eigenvalue weighted by molar-refractivity contribution is 7.16. The van der Waals surface area contributed by atoms with Gasteiger partial charge in [-0.1, -0.05) is 11.6 Å². The predicted molar refractivity (Wildman–Crippen MR) is 125 cm³/mol. The average molecular weight is 467 g/mol. The largest absolute Gasteiger partial charge is 0.497 e. The van der Waals surface area contributed by atoms with E-state index in [1.807, 2.05) is 12.1 Å². The Morgan fingerprint density at radius 1 is 1.16 bits per heavy atom. The van der Waals surface area contributed by atoms with E-state index in [1.165, 1.54) is 37.3 Å². The van der Waals surface area contributed by atoms with Gasteiger partial charge in [-0.2, -0.15) is 0 Å². The SMILES string of the molecule is COc1ccc(C(=O)CCCC(N)=O)cc1.OC(CCN1CCCC1)c1ccc(Cl)s1. The lowest BCUT2D eigenvalue weighted by atomic mass is 10.1. The highest BCUT2D eigenvalue weighted by atomic mass is 35.5. The number of likely N-dealkylation sites (tertiary alicyclic amines) is 1. The first-order valence-electron chi connectivity index (χ1n) is 10.5. The van der Waals surface area contributed by atoms with Gasteiger partial charge in [0, 0.05) is 29.8 Å². The molecule has 1 unspecified atom stereocenters. The van der Waals surface area contributed by atoms with Crippen molar-refractivity contribution in [3.05, 3.63) is 51.2 Å². The third-order valence-corrected chi connectivity index (χ3v) is 6.41. The second-order valence-corrected chi connectivity index (χ2v) is 9.21. The maximum atomic E-state index is 11.6. The Morgan fingerprint density at radius 2 is 1.84 bits per heavy atom. The van der Waals surface area contributed by atoms with Gasteiger partial charge in [0.1, 0.15) is 5.75 Å².